The molecule has 0 bridgehead atoms. The highest BCUT2D eigenvalue weighted by atomic mass is 16.5. The summed E-state index contributed by atoms with van der Waals surface area (Å²) in [5.74, 6) is 0.849. The van der Waals surface area contributed by atoms with Crippen molar-refractivity contribution < 1.29 is 9.53 Å². The van der Waals surface area contributed by atoms with Crippen LogP contribution in [0.3, 0.4) is 0 Å². The van der Waals surface area contributed by atoms with Gasteiger partial charge in [0.15, 0.2) is 0 Å². The molecule has 1 saturated heterocycles. The SMILES string of the molecule is CNCC1CCN(C(=O)COC)CC1. The molecule has 1 aliphatic rings. The molecule has 4 nitrogen and oxygen atoms in total. The number of hydrogen-bond acceptors (Lipinski definition) is 3. The van der Waals surface area contributed by atoms with E-state index in [1.165, 1.54) is 0 Å². The largest absolute Gasteiger partial charge is 0.375 e. The summed E-state index contributed by atoms with van der Waals surface area (Å²) in [6, 6.07) is 0. The first-order valence-corrected chi connectivity index (χ1v) is 5.19. The maximum absolute atomic E-state index is 11.4. The molecule has 1 aliphatic heterocycles. The van der Waals surface area contributed by atoms with E-state index in [-0.39, 0.29) is 12.5 Å². The highest BCUT2D eigenvalue weighted by molar-refractivity contribution is 5.77. The van der Waals surface area contributed by atoms with Crippen molar-refractivity contribution in [2.24, 2.45) is 5.92 Å². The minimum atomic E-state index is 0.121. The Morgan fingerprint density at radius 2 is 2.14 bits per heavy atom. The molecule has 0 spiro atoms. The summed E-state index contributed by atoms with van der Waals surface area (Å²) >= 11 is 0. The number of likely N-dealkylation sites (tertiary alicyclic amines) is 1. The second-order valence-corrected chi connectivity index (χ2v) is 3.81. The molecule has 0 radical (unpaired) electrons. The summed E-state index contributed by atoms with van der Waals surface area (Å²) in [4.78, 5) is 13.3. The summed E-state index contributed by atoms with van der Waals surface area (Å²) in [7, 11) is 3.54. The summed E-state index contributed by atoms with van der Waals surface area (Å²) in [5.41, 5.74) is 0. The van der Waals surface area contributed by atoms with Crippen molar-refractivity contribution in [3.8, 4) is 0 Å². The molecule has 1 fully saturated rings. The van der Waals surface area contributed by atoms with Crippen LogP contribution in [-0.2, 0) is 9.53 Å². The van der Waals surface area contributed by atoms with E-state index in [4.69, 9.17) is 4.74 Å². The maximum Gasteiger partial charge on any atom is 0.248 e. The van der Waals surface area contributed by atoms with Gasteiger partial charge in [0, 0.05) is 20.2 Å². The van der Waals surface area contributed by atoms with E-state index in [0.717, 1.165) is 38.4 Å². The molecule has 0 aromatic heterocycles. The van der Waals surface area contributed by atoms with Gasteiger partial charge < -0.3 is 15.0 Å². The van der Waals surface area contributed by atoms with Gasteiger partial charge in [-0.1, -0.05) is 0 Å². The van der Waals surface area contributed by atoms with Crippen molar-refractivity contribution in [1.82, 2.24) is 10.2 Å². The lowest BCUT2D eigenvalue weighted by Crippen LogP contribution is -2.41. The number of ether oxygens (including phenoxy) is 1. The molecule has 0 atom stereocenters. The maximum atomic E-state index is 11.4. The van der Waals surface area contributed by atoms with E-state index >= 15 is 0 Å². The fourth-order valence-electron chi connectivity index (χ4n) is 1.89. The number of rotatable bonds is 4. The quantitative estimate of drug-likeness (QED) is 0.699. The Morgan fingerprint density at radius 1 is 1.50 bits per heavy atom. The number of piperidine rings is 1. The van der Waals surface area contributed by atoms with Crippen LogP contribution in [0.2, 0.25) is 0 Å². The van der Waals surface area contributed by atoms with Crippen LogP contribution in [0, 0.1) is 5.92 Å². The predicted octanol–water partition coefficient (Wildman–Crippen LogP) is 0.0908. The van der Waals surface area contributed by atoms with Crippen molar-refractivity contribution in [2.45, 2.75) is 12.8 Å². The first kappa shape index (κ1) is 11.5. The van der Waals surface area contributed by atoms with Crippen molar-refractivity contribution in [1.29, 1.82) is 0 Å². The van der Waals surface area contributed by atoms with Gasteiger partial charge in [0.25, 0.3) is 0 Å². The van der Waals surface area contributed by atoms with E-state index in [0.29, 0.717) is 0 Å². The Morgan fingerprint density at radius 3 is 2.64 bits per heavy atom. The minimum absolute atomic E-state index is 0.121. The van der Waals surface area contributed by atoms with Gasteiger partial charge in [-0.25, -0.2) is 0 Å². The van der Waals surface area contributed by atoms with Gasteiger partial charge in [0.2, 0.25) is 5.91 Å². The van der Waals surface area contributed by atoms with Gasteiger partial charge in [0.1, 0.15) is 6.61 Å². The second kappa shape index (κ2) is 5.98. The van der Waals surface area contributed by atoms with Gasteiger partial charge in [-0.3, -0.25) is 4.79 Å². The molecule has 0 unspecified atom stereocenters. The van der Waals surface area contributed by atoms with Gasteiger partial charge >= 0.3 is 0 Å². The van der Waals surface area contributed by atoms with Gasteiger partial charge in [-0.15, -0.1) is 0 Å². The van der Waals surface area contributed by atoms with Gasteiger partial charge in [-0.05, 0) is 32.4 Å². The lowest BCUT2D eigenvalue weighted by atomic mass is 9.97. The summed E-state index contributed by atoms with van der Waals surface area (Å²) in [6.45, 7) is 3.05. The van der Waals surface area contributed by atoms with E-state index in [1.807, 2.05) is 11.9 Å². The number of hydrogen-bond donors (Lipinski definition) is 1. The summed E-state index contributed by atoms with van der Waals surface area (Å²) in [5, 5.41) is 3.18. The number of methoxy groups -OCH3 is 1. The Labute approximate surface area is 85.6 Å². The zero-order chi connectivity index (χ0) is 10.4. The monoisotopic (exact) mass is 200 g/mol. The second-order valence-electron chi connectivity index (χ2n) is 3.81. The van der Waals surface area contributed by atoms with E-state index in [2.05, 4.69) is 5.32 Å². The number of carbonyl (C=O) groups excluding carboxylic acids is 1. The average Bonchev–Trinajstić information content (AvgIpc) is 2.20. The highest BCUT2D eigenvalue weighted by Crippen LogP contribution is 2.16. The zero-order valence-electron chi connectivity index (χ0n) is 9.08. The summed E-state index contributed by atoms with van der Waals surface area (Å²) < 4.78 is 4.83. The van der Waals surface area contributed by atoms with Crippen LogP contribution in [0.25, 0.3) is 0 Å². The molecular weight excluding hydrogens is 180 g/mol. The number of nitrogens with zero attached hydrogens (tertiary/aromatic N) is 1. The third-order valence-electron chi connectivity index (χ3n) is 2.73. The van der Waals surface area contributed by atoms with Crippen LogP contribution >= 0.6 is 0 Å². The fourth-order valence-corrected chi connectivity index (χ4v) is 1.89. The third-order valence-corrected chi connectivity index (χ3v) is 2.73. The third kappa shape index (κ3) is 3.27. The molecule has 1 amide bonds. The predicted molar refractivity (Wildman–Crippen MR) is 55.1 cm³/mol. The summed E-state index contributed by atoms with van der Waals surface area (Å²) in [6.07, 6.45) is 2.21. The van der Waals surface area contributed by atoms with Crippen LogP contribution < -0.4 is 5.32 Å². The van der Waals surface area contributed by atoms with Crippen LogP contribution in [0.5, 0.6) is 0 Å². The Balaban J connectivity index is 2.24. The molecule has 0 aliphatic carbocycles. The zero-order valence-corrected chi connectivity index (χ0v) is 9.08. The molecular formula is C10H20N2O2. The molecule has 1 heterocycles. The van der Waals surface area contributed by atoms with E-state index < -0.39 is 0 Å². The molecule has 82 valence electrons. The molecule has 0 aromatic carbocycles. The number of nitrogens with one attached hydrogen (secondary N) is 1. The van der Waals surface area contributed by atoms with Crippen LogP contribution in [0.4, 0.5) is 0 Å². The molecule has 0 aromatic rings. The number of carbonyl (C=O) groups is 1. The first-order valence-electron chi connectivity index (χ1n) is 5.19. The molecule has 1 rings (SSSR count). The van der Waals surface area contributed by atoms with Crippen molar-refractivity contribution in [3.05, 3.63) is 0 Å². The van der Waals surface area contributed by atoms with Crippen molar-refractivity contribution in [3.63, 3.8) is 0 Å². The Kier molecular flexibility index (Phi) is 4.90. The smallest absolute Gasteiger partial charge is 0.248 e. The normalized spacial score (nSPS) is 18.6. The Hall–Kier alpha value is -0.610. The van der Waals surface area contributed by atoms with Crippen LogP contribution in [-0.4, -0.2) is 51.2 Å². The van der Waals surface area contributed by atoms with E-state index in [9.17, 15) is 4.79 Å². The minimum Gasteiger partial charge on any atom is -0.375 e. The van der Waals surface area contributed by atoms with Gasteiger partial charge in [0.05, 0.1) is 0 Å². The number of amides is 1. The van der Waals surface area contributed by atoms with Crippen molar-refractivity contribution in [2.75, 3.05) is 40.4 Å². The first-order chi connectivity index (χ1) is 6.77. The van der Waals surface area contributed by atoms with Crippen LogP contribution in [0.1, 0.15) is 12.8 Å². The Bertz CT molecular complexity index is 177. The van der Waals surface area contributed by atoms with Crippen molar-refractivity contribution >= 4 is 5.91 Å². The average molecular weight is 200 g/mol. The van der Waals surface area contributed by atoms with Crippen LogP contribution in [0.15, 0.2) is 0 Å². The lowest BCUT2D eigenvalue weighted by molar-refractivity contribution is -0.136. The van der Waals surface area contributed by atoms with Gasteiger partial charge in [-0.2, -0.15) is 0 Å². The lowest BCUT2D eigenvalue weighted by Gasteiger charge is -2.31. The fraction of sp³-hybridized carbons (Fsp3) is 0.900. The standard InChI is InChI=1S/C10H20N2O2/c1-11-7-9-3-5-12(6-4-9)10(13)8-14-2/h9,11H,3-8H2,1-2H3. The highest BCUT2D eigenvalue weighted by Gasteiger charge is 2.21. The molecule has 0 saturated carbocycles. The topological polar surface area (TPSA) is 41.6 Å². The molecule has 4 heteroatoms. The molecule has 14 heavy (non-hydrogen) atoms. The molecule has 1 N–H and O–H groups in total. The van der Waals surface area contributed by atoms with E-state index in [1.54, 1.807) is 7.11 Å².